The van der Waals surface area contributed by atoms with Crippen LogP contribution in [0.1, 0.15) is 29.5 Å². The Labute approximate surface area is 174 Å². The van der Waals surface area contributed by atoms with Gasteiger partial charge in [-0.05, 0) is 79.9 Å². The van der Waals surface area contributed by atoms with Crippen LogP contribution >= 0.6 is 12.2 Å². The van der Waals surface area contributed by atoms with Gasteiger partial charge in [-0.3, -0.25) is 0 Å². The Kier molecular flexibility index (Phi) is 6.92. The normalized spacial score (nSPS) is 16.1. The quantitative estimate of drug-likeness (QED) is 0.710. The van der Waals surface area contributed by atoms with Crippen molar-refractivity contribution in [2.45, 2.75) is 39.3 Å². The summed E-state index contributed by atoms with van der Waals surface area (Å²) in [6.45, 7) is 6.68. The van der Waals surface area contributed by atoms with Crippen molar-refractivity contribution >= 4 is 28.7 Å². The first kappa shape index (κ1) is 20.6. The highest BCUT2D eigenvalue weighted by Gasteiger charge is 2.21. The van der Waals surface area contributed by atoms with Gasteiger partial charge in [-0.15, -0.1) is 0 Å². The smallest absolute Gasteiger partial charge is 0.173 e. The van der Waals surface area contributed by atoms with Gasteiger partial charge < -0.3 is 19.9 Å². The van der Waals surface area contributed by atoms with Crippen LogP contribution in [0.15, 0.2) is 42.5 Å². The van der Waals surface area contributed by atoms with Gasteiger partial charge in [0.15, 0.2) is 5.11 Å². The van der Waals surface area contributed by atoms with Gasteiger partial charge in [0.1, 0.15) is 0 Å². The monoisotopic (exact) mass is 397 g/mol. The molecule has 1 N–H and O–H groups in total. The maximum Gasteiger partial charge on any atom is 0.173 e. The number of aryl methyl sites for hydroxylation is 2. The second kappa shape index (κ2) is 9.39. The average molecular weight is 398 g/mol. The molecule has 2 aromatic carbocycles. The Balaban J connectivity index is 1.73. The Morgan fingerprint density at radius 1 is 1.11 bits per heavy atom. The summed E-state index contributed by atoms with van der Waals surface area (Å²) < 4.78 is 5.87. The van der Waals surface area contributed by atoms with Gasteiger partial charge in [-0.1, -0.05) is 18.2 Å². The Morgan fingerprint density at radius 2 is 1.86 bits per heavy atom. The maximum atomic E-state index is 5.87. The van der Waals surface area contributed by atoms with E-state index in [2.05, 4.69) is 85.5 Å². The maximum absolute atomic E-state index is 5.87. The lowest BCUT2D eigenvalue weighted by Crippen LogP contribution is -2.39. The van der Waals surface area contributed by atoms with Gasteiger partial charge in [0.2, 0.25) is 0 Å². The number of hydrogen-bond acceptors (Lipinski definition) is 3. The molecule has 0 unspecified atom stereocenters. The zero-order chi connectivity index (χ0) is 20.1. The fourth-order valence-electron chi connectivity index (χ4n) is 3.39. The summed E-state index contributed by atoms with van der Waals surface area (Å²) in [6, 6.07) is 15.0. The first-order valence-electron chi connectivity index (χ1n) is 9.93. The number of anilines is 2. The molecular weight excluding hydrogens is 366 g/mol. The van der Waals surface area contributed by atoms with Gasteiger partial charge in [-0.2, -0.15) is 0 Å². The summed E-state index contributed by atoms with van der Waals surface area (Å²) >= 11 is 5.79. The van der Waals surface area contributed by atoms with Gasteiger partial charge in [0.25, 0.3) is 0 Å². The Morgan fingerprint density at radius 3 is 2.46 bits per heavy atom. The molecule has 0 spiro atoms. The largest absolute Gasteiger partial charge is 0.378 e. The van der Waals surface area contributed by atoms with E-state index in [-0.39, 0.29) is 6.10 Å². The summed E-state index contributed by atoms with van der Waals surface area (Å²) in [5.74, 6) is 0. The molecule has 1 fully saturated rings. The molecule has 4 nitrogen and oxygen atoms in total. The SMILES string of the molecule is Cc1ccc(NC(=S)N(Cc2ccc(N(C)C)cc2)C[C@H]2CCCO2)cc1C. The fraction of sp³-hybridized carbons (Fsp3) is 0.435. The molecule has 150 valence electrons. The number of rotatable bonds is 6. The van der Waals surface area contributed by atoms with Crippen molar-refractivity contribution in [3.8, 4) is 0 Å². The highest BCUT2D eigenvalue weighted by Crippen LogP contribution is 2.19. The van der Waals surface area contributed by atoms with Gasteiger partial charge >= 0.3 is 0 Å². The molecule has 5 heteroatoms. The minimum atomic E-state index is 0.251. The lowest BCUT2D eigenvalue weighted by molar-refractivity contribution is 0.0905. The molecule has 0 radical (unpaired) electrons. The van der Waals surface area contributed by atoms with E-state index in [1.165, 1.54) is 22.4 Å². The number of benzene rings is 2. The molecule has 2 aromatic rings. The zero-order valence-electron chi connectivity index (χ0n) is 17.4. The first-order chi connectivity index (χ1) is 13.4. The minimum absolute atomic E-state index is 0.251. The molecule has 1 saturated heterocycles. The number of thiocarbonyl (C=S) groups is 1. The number of nitrogens with zero attached hydrogens (tertiary/aromatic N) is 2. The van der Waals surface area contributed by atoms with Gasteiger partial charge in [0.05, 0.1) is 6.10 Å². The number of hydrogen-bond donors (Lipinski definition) is 1. The molecule has 1 heterocycles. The van der Waals surface area contributed by atoms with Crippen LogP contribution in [0.2, 0.25) is 0 Å². The predicted molar refractivity (Wildman–Crippen MR) is 122 cm³/mol. The van der Waals surface area contributed by atoms with Crippen LogP contribution in [0.4, 0.5) is 11.4 Å². The van der Waals surface area contributed by atoms with E-state index in [1.807, 2.05) is 0 Å². The van der Waals surface area contributed by atoms with E-state index < -0.39 is 0 Å². The number of nitrogens with one attached hydrogen (secondary N) is 1. The molecule has 0 aromatic heterocycles. The van der Waals surface area contributed by atoms with Gasteiger partial charge in [-0.25, -0.2) is 0 Å². The van der Waals surface area contributed by atoms with Crippen molar-refractivity contribution in [3.05, 3.63) is 59.2 Å². The van der Waals surface area contributed by atoms with Crippen LogP contribution in [0.5, 0.6) is 0 Å². The summed E-state index contributed by atoms with van der Waals surface area (Å²) in [5.41, 5.74) is 6.03. The fourth-order valence-corrected chi connectivity index (χ4v) is 3.65. The lowest BCUT2D eigenvalue weighted by atomic mass is 10.1. The first-order valence-corrected chi connectivity index (χ1v) is 10.3. The summed E-state index contributed by atoms with van der Waals surface area (Å²) in [5, 5.41) is 4.17. The summed E-state index contributed by atoms with van der Waals surface area (Å²) in [7, 11) is 4.11. The third-order valence-electron chi connectivity index (χ3n) is 5.32. The van der Waals surface area contributed by atoms with Crippen molar-refractivity contribution in [3.63, 3.8) is 0 Å². The third-order valence-corrected chi connectivity index (χ3v) is 5.68. The third kappa shape index (κ3) is 5.46. The van der Waals surface area contributed by atoms with Crippen molar-refractivity contribution in [1.29, 1.82) is 0 Å². The molecule has 1 aliphatic heterocycles. The Bertz CT molecular complexity index is 798. The predicted octanol–water partition coefficient (Wildman–Crippen LogP) is 4.75. The zero-order valence-corrected chi connectivity index (χ0v) is 18.2. The van der Waals surface area contributed by atoms with Crippen molar-refractivity contribution < 1.29 is 4.74 Å². The molecule has 1 aliphatic rings. The van der Waals surface area contributed by atoms with E-state index in [0.29, 0.717) is 0 Å². The van der Waals surface area contributed by atoms with Crippen molar-refractivity contribution in [1.82, 2.24) is 4.90 Å². The van der Waals surface area contributed by atoms with Crippen LogP contribution in [0, 0.1) is 13.8 Å². The lowest BCUT2D eigenvalue weighted by Gasteiger charge is -2.28. The van der Waals surface area contributed by atoms with Crippen LogP contribution < -0.4 is 10.2 Å². The second-order valence-corrected chi connectivity index (χ2v) is 8.19. The van der Waals surface area contributed by atoms with Crippen LogP contribution in [0.3, 0.4) is 0 Å². The summed E-state index contributed by atoms with van der Waals surface area (Å²) in [6.07, 6.45) is 2.48. The van der Waals surface area contributed by atoms with Crippen molar-refractivity contribution in [2.24, 2.45) is 0 Å². The standard InChI is InChI=1S/C23H31N3OS/c1-17-7-10-20(14-18(17)2)24-23(28)26(16-22-6-5-13-27-22)15-19-8-11-21(12-9-19)25(3)4/h7-12,14,22H,5-6,13,15-16H2,1-4H3,(H,24,28)/t22-/m1/s1. The molecule has 1 atom stereocenters. The van der Waals surface area contributed by atoms with Crippen LogP contribution in [-0.2, 0) is 11.3 Å². The van der Waals surface area contributed by atoms with E-state index in [9.17, 15) is 0 Å². The molecule has 0 bridgehead atoms. The van der Waals surface area contributed by atoms with E-state index in [0.717, 1.165) is 43.3 Å². The molecule has 28 heavy (non-hydrogen) atoms. The van der Waals surface area contributed by atoms with Crippen LogP contribution in [0.25, 0.3) is 0 Å². The second-order valence-electron chi connectivity index (χ2n) is 7.81. The average Bonchev–Trinajstić information content (AvgIpc) is 3.18. The highest BCUT2D eigenvalue weighted by molar-refractivity contribution is 7.80. The molecule has 0 saturated carbocycles. The summed E-state index contributed by atoms with van der Waals surface area (Å²) in [4.78, 5) is 4.34. The molecular formula is C23H31N3OS. The Hall–Kier alpha value is -2.11. The van der Waals surface area contributed by atoms with Crippen molar-refractivity contribution in [2.75, 3.05) is 37.5 Å². The molecule has 0 aliphatic carbocycles. The van der Waals surface area contributed by atoms with Gasteiger partial charge in [0, 0.05) is 45.2 Å². The minimum Gasteiger partial charge on any atom is -0.378 e. The van der Waals surface area contributed by atoms with E-state index in [1.54, 1.807) is 0 Å². The number of ether oxygens (including phenoxy) is 1. The highest BCUT2D eigenvalue weighted by atomic mass is 32.1. The van der Waals surface area contributed by atoms with E-state index in [4.69, 9.17) is 17.0 Å². The molecule has 0 amide bonds. The molecule has 3 rings (SSSR count). The van der Waals surface area contributed by atoms with Crippen LogP contribution in [-0.4, -0.2) is 43.4 Å². The van der Waals surface area contributed by atoms with E-state index >= 15 is 0 Å². The topological polar surface area (TPSA) is 27.7 Å².